The van der Waals surface area contributed by atoms with E-state index < -0.39 is 0 Å². The zero-order chi connectivity index (χ0) is 29.7. The van der Waals surface area contributed by atoms with Crippen LogP contribution in [0.5, 0.6) is 11.5 Å². The third-order valence-corrected chi connectivity index (χ3v) is 9.05. The van der Waals surface area contributed by atoms with Crippen molar-refractivity contribution in [2.75, 3.05) is 39.5 Å². The van der Waals surface area contributed by atoms with Crippen molar-refractivity contribution in [1.29, 1.82) is 0 Å². The SMILES string of the molecule is CCN(CCCOc1cc(CNC(=O)CCCC/C=C/C(C)C)ccc1O)CCOCCC1=CCC2CC1C2(C)C. The van der Waals surface area contributed by atoms with Gasteiger partial charge in [-0.15, -0.1) is 0 Å². The maximum Gasteiger partial charge on any atom is 0.220 e. The van der Waals surface area contributed by atoms with E-state index in [1.807, 2.05) is 12.1 Å². The third kappa shape index (κ3) is 10.8. The number of rotatable bonds is 20. The number of nitrogens with one attached hydrogen (secondary N) is 1. The van der Waals surface area contributed by atoms with Gasteiger partial charge in [0.25, 0.3) is 0 Å². The fourth-order valence-electron chi connectivity index (χ4n) is 6.13. The summed E-state index contributed by atoms with van der Waals surface area (Å²) in [6.45, 7) is 16.7. The first-order valence-electron chi connectivity index (χ1n) is 16.1. The molecule has 0 saturated heterocycles. The lowest BCUT2D eigenvalue weighted by molar-refractivity contribution is -0.121. The van der Waals surface area contributed by atoms with Gasteiger partial charge in [0.05, 0.1) is 19.8 Å². The van der Waals surface area contributed by atoms with Gasteiger partial charge in [0.15, 0.2) is 11.5 Å². The minimum Gasteiger partial charge on any atom is -0.504 e. The number of fused-ring (bicyclic) bond motifs is 1. The van der Waals surface area contributed by atoms with Crippen LogP contribution in [0.2, 0.25) is 0 Å². The zero-order valence-electron chi connectivity index (χ0n) is 26.4. The van der Waals surface area contributed by atoms with Crippen LogP contribution in [0, 0.1) is 23.2 Å². The highest BCUT2D eigenvalue weighted by Crippen LogP contribution is 2.59. The minimum absolute atomic E-state index is 0.0588. The largest absolute Gasteiger partial charge is 0.504 e. The molecule has 1 amide bonds. The second-order valence-corrected chi connectivity index (χ2v) is 12.8. The molecule has 1 aromatic carbocycles. The lowest BCUT2D eigenvalue weighted by atomic mass is 9.48. The summed E-state index contributed by atoms with van der Waals surface area (Å²) in [5, 5.41) is 13.2. The third-order valence-electron chi connectivity index (χ3n) is 9.05. The zero-order valence-corrected chi connectivity index (χ0v) is 26.4. The average Bonchev–Trinajstić information content (AvgIpc) is 2.95. The first-order valence-corrected chi connectivity index (χ1v) is 16.1. The standard InChI is InChI=1S/C35H56N2O4/c1-6-37(20-23-40-22-18-29-15-16-30-25-31(29)35(30,4)5)19-11-21-41-33-24-28(14-17-32(33)38)26-36-34(39)13-10-8-7-9-12-27(2)3/h9,12,14-15,17,24,27,30-31,38H,6-8,10-11,13,16,18-23,25-26H2,1-5H3,(H,36,39)/b12-9+. The summed E-state index contributed by atoms with van der Waals surface area (Å²) < 4.78 is 11.9. The van der Waals surface area contributed by atoms with E-state index in [-0.39, 0.29) is 11.7 Å². The molecule has 1 saturated carbocycles. The topological polar surface area (TPSA) is 71.0 Å². The van der Waals surface area contributed by atoms with Crippen LogP contribution in [0.4, 0.5) is 0 Å². The van der Waals surface area contributed by atoms with Crippen LogP contribution in [0.15, 0.2) is 42.0 Å². The number of carbonyl (C=O) groups excluding carboxylic acids is 1. The van der Waals surface area contributed by atoms with Gasteiger partial charge in [-0.3, -0.25) is 4.79 Å². The number of nitrogens with zero attached hydrogens (tertiary/aromatic N) is 1. The van der Waals surface area contributed by atoms with E-state index in [4.69, 9.17) is 9.47 Å². The number of unbranched alkanes of at least 4 members (excludes halogenated alkanes) is 2. The average molecular weight is 569 g/mol. The van der Waals surface area contributed by atoms with Gasteiger partial charge in [-0.25, -0.2) is 0 Å². The van der Waals surface area contributed by atoms with E-state index in [9.17, 15) is 9.90 Å². The van der Waals surface area contributed by atoms with Crippen molar-refractivity contribution in [3.8, 4) is 11.5 Å². The van der Waals surface area contributed by atoms with Crippen molar-refractivity contribution in [1.82, 2.24) is 10.2 Å². The van der Waals surface area contributed by atoms with Gasteiger partial charge in [0, 0.05) is 26.1 Å². The molecule has 0 radical (unpaired) electrons. The first kappa shape index (κ1) is 33.2. The number of hydrogen-bond donors (Lipinski definition) is 2. The summed E-state index contributed by atoms with van der Waals surface area (Å²) in [5.74, 6) is 2.90. The number of amides is 1. The molecule has 2 atom stereocenters. The molecule has 2 bridgehead atoms. The Morgan fingerprint density at radius 3 is 2.73 bits per heavy atom. The van der Waals surface area contributed by atoms with Crippen molar-refractivity contribution in [3.63, 3.8) is 0 Å². The van der Waals surface area contributed by atoms with E-state index in [0.29, 0.717) is 36.7 Å². The van der Waals surface area contributed by atoms with E-state index >= 15 is 0 Å². The van der Waals surface area contributed by atoms with Crippen LogP contribution in [0.1, 0.15) is 91.5 Å². The molecular weight excluding hydrogens is 512 g/mol. The fourth-order valence-corrected chi connectivity index (χ4v) is 6.13. The Balaban J connectivity index is 1.26. The van der Waals surface area contributed by atoms with Crippen LogP contribution in [-0.4, -0.2) is 55.4 Å². The van der Waals surface area contributed by atoms with Crippen molar-refractivity contribution >= 4 is 5.91 Å². The molecule has 3 aliphatic carbocycles. The summed E-state index contributed by atoms with van der Waals surface area (Å²) in [6, 6.07) is 5.29. The minimum atomic E-state index is 0.0588. The first-order chi connectivity index (χ1) is 19.7. The van der Waals surface area contributed by atoms with Crippen LogP contribution < -0.4 is 10.1 Å². The van der Waals surface area contributed by atoms with E-state index in [1.165, 1.54) is 12.8 Å². The van der Waals surface area contributed by atoms with Gasteiger partial charge in [-0.2, -0.15) is 0 Å². The molecule has 41 heavy (non-hydrogen) atoms. The maximum absolute atomic E-state index is 12.2. The number of likely N-dealkylation sites (N-methyl/N-ethyl adjacent to an activating group) is 1. The molecular formula is C35H56N2O4. The van der Waals surface area contributed by atoms with Crippen molar-refractivity contribution in [2.45, 2.75) is 92.5 Å². The van der Waals surface area contributed by atoms with Crippen molar-refractivity contribution < 1.29 is 19.4 Å². The molecule has 0 aliphatic heterocycles. The quantitative estimate of drug-likeness (QED) is 0.128. The Morgan fingerprint density at radius 1 is 1.17 bits per heavy atom. The number of carbonyl (C=O) groups is 1. The summed E-state index contributed by atoms with van der Waals surface area (Å²) in [4.78, 5) is 14.6. The highest BCUT2D eigenvalue weighted by atomic mass is 16.5. The maximum atomic E-state index is 12.2. The van der Waals surface area contributed by atoms with Gasteiger partial charge in [0.1, 0.15) is 0 Å². The predicted molar refractivity (Wildman–Crippen MR) is 168 cm³/mol. The molecule has 0 aromatic heterocycles. The number of hydrogen-bond acceptors (Lipinski definition) is 5. The Morgan fingerprint density at radius 2 is 2.00 bits per heavy atom. The molecule has 3 aliphatic rings. The Kier molecular flexibility index (Phi) is 13.7. The molecule has 2 unspecified atom stereocenters. The summed E-state index contributed by atoms with van der Waals surface area (Å²) in [7, 11) is 0. The van der Waals surface area contributed by atoms with Crippen LogP contribution in [0.25, 0.3) is 0 Å². The molecule has 6 heteroatoms. The number of aromatic hydroxyl groups is 1. The monoisotopic (exact) mass is 568 g/mol. The molecule has 4 rings (SSSR count). The molecule has 6 nitrogen and oxygen atoms in total. The molecule has 1 fully saturated rings. The van der Waals surface area contributed by atoms with Gasteiger partial charge >= 0.3 is 0 Å². The normalized spacial score (nSPS) is 19.4. The lowest BCUT2D eigenvalue weighted by Gasteiger charge is -2.56. The van der Waals surface area contributed by atoms with Crippen LogP contribution >= 0.6 is 0 Å². The summed E-state index contributed by atoms with van der Waals surface area (Å²) in [6.07, 6.45) is 14.9. The summed E-state index contributed by atoms with van der Waals surface area (Å²) in [5.41, 5.74) is 3.03. The van der Waals surface area contributed by atoms with Crippen molar-refractivity contribution in [2.24, 2.45) is 23.2 Å². The number of phenolic OH excluding ortho intramolecular Hbond substituents is 1. The molecule has 1 aromatic rings. The van der Waals surface area contributed by atoms with Crippen LogP contribution in [0.3, 0.4) is 0 Å². The van der Waals surface area contributed by atoms with Gasteiger partial charge < -0.3 is 24.8 Å². The van der Waals surface area contributed by atoms with E-state index in [0.717, 1.165) is 82.4 Å². The Bertz CT molecular complexity index is 1000. The molecule has 0 spiro atoms. The number of ether oxygens (including phenoxy) is 2. The number of phenols is 1. The second kappa shape index (κ2) is 17.0. The number of benzene rings is 1. The Hall–Kier alpha value is -2.31. The Labute approximate surface area is 249 Å². The van der Waals surface area contributed by atoms with E-state index in [2.05, 4.69) is 63.1 Å². The van der Waals surface area contributed by atoms with Gasteiger partial charge in [-0.05, 0) is 92.4 Å². The summed E-state index contributed by atoms with van der Waals surface area (Å²) >= 11 is 0. The molecule has 0 heterocycles. The fraction of sp³-hybridized carbons (Fsp3) is 0.686. The highest BCUT2D eigenvalue weighted by Gasteiger charge is 2.50. The highest BCUT2D eigenvalue weighted by molar-refractivity contribution is 5.75. The molecule has 2 N–H and O–H groups in total. The second-order valence-electron chi connectivity index (χ2n) is 12.8. The molecule has 230 valence electrons. The number of allylic oxidation sites excluding steroid dienone is 3. The van der Waals surface area contributed by atoms with Crippen molar-refractivity contribution in [3.05, 3.63) is 47.6 Å². The predicted octanol–water partition coefficient (Wildman–Crippen LogP) is 7.27. The van der Waals surface area contributed by atoms with E-state index in [1.54, 1.807) is 11.6 Å². The smallest absolute Gasteiger partial charge is 0.220 e. The van der Waals surface area contributed by atoms with Crippen LogP contribution in [-0.2, 0) is 16.1 Å². The lowest BCUT2D eigenvalue weighted by Crippen LogP contribution is -2.48. The van der Waals surface area contributed by atoms with Gasteiger partial charge in [-0.1, -0.05) is 64.5 Å². The van der Waals surface area contributed by atoms with Gasteiger partial charge in [0.2, 0.25) is 5.91 Å².